The molecule has 106 valence electrons. The quantitative estimate of drug-likeness (QED) is 0.512. The predicted molar refractivity (Wildman–Crippen MR) is 73.0 cm³/mol. The van der Waals surface area contributed by atoms with Crippen molar-refractivity contribution in [2.75, 3.05) is 19.7 Å². The van der Waals surface area contributed by atoms with Crippen molar-refractivity contribution in [2.45, 2.75) is 13.5 Å². The van der Waals surface area contributed by atoms with E-state index in [0.717, 1.165) is 5.56 Å². The molecule has 0 bridgehead atoms. The maximum absolute atomic E-state index is 11.9. The summed E-state index contributed by atoms with van der Waals surface area (Å²) >= 11 is 0. The van der Waals surface area contributed by atoms with Crippen molar-refractivity contribution in [2.24, 2.45) is 0 Å². The van der Waals surface area contributed by atoms with E-state index in [2.05, 4.69) is 0 Å². The van der Waals surface area contributed by atoms with Gasteiger partial charge >= 0.3 is 5.97 Å². The molecule has 1 aromatic rings. The number of carbonyl (C=O) groups is 2. The summed E-state index contributed by atoms with van der Waals surface area (Å²) in [5, 5.41) is 9.76. The summed E-state index contributed by atoms with van der Waals surface area (Å²) in [4.78, 5) is 25.2. The van der Waals surface area contributed by atoms with Gasteiger partial charge < -0.3 is 9.84 Å². The van der Waals surface area contributed by atoms with Crippen LogP contribution < -0.4 is 0 Å². The Morgan fingerprint density at radius 2 is 2.00 bits per heavy atom. The highest BCUT2D eigenvalue weighted by Gasteiger charge is 2.30. The predicted octanol–water partition coefficient (Wildman–Crippen LogP) is 1.45. The number of rotatable bonds is 4. The van der Waals surface area contributed by atoms with Crippen LogP contribution >= 0.6 is 0 Å². The zero-order valence-corrected chi connectivity index (χ0v) is 11.3. The first-order valence-electron chi connectivity index (χ1n) is 6.50. The number of carbonyl (C=O) groups excluding carboxylic acids is 2. The fraction of sp³-hybridized carbons (Fsp3) is 0.333. The molecule has 1 saturated heterocycles. The van der Waals surface area contributed by atoms with Crippen LogP contribution in [0.5, 0.6) is 0 Å². The Bertz CT molecular complexity index is 536. The number of ketones is 1. The number of benzene rings is 1. The Balaban J connectivity index is 2.07. The number of nitrogens with zero attached hydrogens (tertiary/aromatic N) is 1. The van der Waals surface area contributed by atoms with Gasteiger partial charge in [0.15, 0.2) is 5.78 Å². The molecule has 1 heterocycles. The van der Waals surface area contributed by atoms with E-state index in [0.29, 0.717) is 6.54 Å². The second-order valence-corrected chi connectivity index (χ2v) is 4.60. The minimum absolute atomic E-state index is 0.138. The highest BCUT2D eigenvalue weighted by Crippen LogP contribution is 2.18. The number of hydrogen-bond donors (Lipinski definition) is 1. The Morgan fingerprint density at radius 1 is 1.30 bits per heavy atom. The van der Waals surface area contributed by atoms with Crippen molar-refractivity contribution in [1.29, 1.82) is 0 Å². The molecular weight excluding hydrogens is 258 g/mol. The summed E-state index contributed by atoms with van der Waals surface area (Å²) in [5.74, 6) is -1.63. The second-order valence-electron chi connectivity index (χ2n) is 4.60. The van der Waals surface area contributed by atoms with E-state index in [1.807, 2.05) is 35.2 Å². The molecule has 1 N–H and O–H groups in total. The summed E-state index contributed by atoms with van der Waals surface area (Å²) < 4.78 is 4.70. The minimum atomic E-state index is -0.836. The van der Waals surface area contributed by atoms with Gasteiger partial charge in [-0.05, 0) is 12.5 Å². The fourth-order valence-corrected chi connectivity index (χ4v) is 2.15. The van der Waals surface area contributed by atoms with Crippen LogP contribution in [0.25, 0.3) is 0 Å². The van der Waals surface area contributed by atoms with E-state index in [1.165, 1.54) is 0 Å². The van der Waals surface area contributed by atoms with Crippen molar-refractivity contribution < 1.29 is 19.4 Å². The Labute approximate surface area is 117 Å². The molecule has 5 heteroatoms. The van der Waals surface area contributed by atoms with Gasteiger partial charge in [-0.1, -0.05) is 30.3 Å². The van der Waals surface area contributed by atoms with E-state index in [9.17, 15) is 14.7 Å². The number of aliphatic hydroxyl groups is 1. The molecule has 0 unspecified atom stereocenters. The van der Waals surface area contributed by atoms with Crippen LogP contribution in [0.3, 0.4) is 0 Å². The first-order valence-corrected chi connectivity index (χ1v) is 6.50. The number of Topliss-reactive ketones (excluding diaryl/α,β-unsaturated/α-hetero) is 1. The number of hydrogen-bond acceptors (Lipinski definition) is 5. The third-order valence-corrected chi connectivity index (χ3v) is 3.09. The lowest BCUT2D eigenvalue weighted by Crippen LogP contribution is -2.20. The molecule has 0 aliphatic carbocycles. The zero-order valence-electron chi connectivity index (χ0n) is 11.3. The fourth-order valence-electron chi connectivity index (χ4n) is 2.15. The molecular formula is C15H17NO4. The van der Waals surface area contributed by atoms with E-state index >= 15 is 0 Å². The largest absolute Gasteiger partial charge is 0.502 e. The topological polar surface area (TPSA) is 66.8 Å². The summed E-state index contributed by atoms with van der Waals surface area (Å²) in [6, 6.07) is 9.73. The summed E-state index contributed by atoms with van der Waals surface area (Å²) in [6.07, 6.45) is 0. The van der Waals surface area contributed by atoms with Gasteiger partial charge in [-0.3, -0.25) is 9.69 Å². The smallest absolute Gasteiger partial charge is 0.373 e. The van der Waals surface area contributed by atoms with Crippen LogP contribution in [-0.2, 0) is 20.9 Å². The van der Waals surface area contributed by atoms with Crippen LogP contribution in [0.4, 0.5) is 0 Å². The van der Waals surface area contributed by atoms with Gasteiger partial charge in [0.2, 0.25) is 5.76 Å². The molecule has 20 heavy (non-hydrogen) atoms. The number of likely N-dealkylation sites (tertiary alicyclic amines) is 1. The standard InChI is InChI=1S/C15H17NO4/c1-2-20-15(19)14(18)12-9-16(10-13(12)17)8-11-6-4-3-5-7-11/h3-7,18H,2,8-10H2,1H3. The van der Waals surface area contributed by atoms with Gasteiger partial charge in [-0.25, -0.2) is 4.79 Å². The first-order chi connectivity index (χ1) is 9.61. The molecule has 0 amide bonds. The van der Waals surface area contributed by atoms with Gasteiger partial charge in [0.1, 0.15) is 0 Å². The molecule has 1 aliphatic rings. The molecule has 5 nitrogen and oxygen atoms in total. The molecule has 0 radical (unpaired) electrons. The summed E-state index contributed by atoms with van der Waals surface area (Å²) in [6.45, 7) is 2.88. The van der Waals surface area contributed by atoms with Crippen LogP contribution in [0.1, 0.15) is 12.5 Å². The molecule has 0 aromatic heterocycles. The SMILES string of the molecule is CCOC(=O)C(O)=C1CN(Cc2ccccc2)CC1=O. The van der Waals surface area contributed by atoms with Gasteiger partial charge in [0, 0.05) is 13.1 Å². The van der Waals surface area contributed by atoms with Gasteiger partial charge in [-0.2, -0.15) is 0 Å². The highest BCUT2D eigenvalue weighted by atomic mass is 16.5. The van der Waals surface area contributed by atoms with Crippen LogP contribution in [0, 0.1) is 0 Å². The third kappa shape index (κ3) is 3.24. The zero-order chi connectivity index (χ0) is 14.5. The normalized spacial score (nSPS) is 18.1. The lowest BCUT2D eigenvalue weighted by Gasteiger charge is -2.13. The Kier molecular flexibility index (Phi) is 4.53. The van der Waals surface area contributed by atoms with Gasteiger partial charge in [0.25, 0.3) is 0 Å². The molecule has 0 saturated carbocycles. The van der Waals surface area contributed by atoms with E-state index in [4.69, 9.17) is 4.74 Å². The van der Waals surface area contributed by atoms with E-state index < -0.39 is 11.7 Å². The molecule has 1 aliphatic heterocycles. The average molecular weight is 275 g/mol. The highest BCUT2D eigenvalue weighted by molar-refractivity contribution is 6.05. The van der Waals surface area contributed by atoms with Crippen LogP contribution in [-0.4, -0.2) is 41.5 Å². The Morgan fingerprint density at radius 3 is 2.65 bits per heavy atom. The molecule has 0 atom stereocenters. The van der Waals surface area contributed by atoms with Gasteiger partial charge in [0.05, 0.1) is 18.7 Å². The first kappa shape index (κ1) is 14.3. The molecule has 0 spiro atoms. The molecule has 1 aromatic carbocycles. The summed E-state index contributed by atoms with van der Waals surface area (Å²) in [5.41, 5.74) is 1.22. The monoisotopic (exact) mass is 275 g/mol. The van der Waals surface area contributed by atoms with Gasteiger partial charge in [-0.15, -0.1) is 0 Å². The third-order valence-electron chi connectivity index (χ3n) is 3.09. The lowest BCUT2D eigenvalue weighted by molar-refractivity contribution is -0.141. The summed E-state index contributed by atoms with van der Waals surface area (Å²) in [7, 11) is 0. The van der Waals surface area contributed by atoms with Crippen LogP contribution in [0.2, 0.25) is 0 Å². The maximum atomic E-state index is 11.9. The molecule has 2 rings (SSSR count). The van der Waals surface area contributed by atoms with Crippen molar-refractivity contribution in [3.8, 4) is 0 Å². The van der Waals surface area contributed by atoms with Crippen molar-refractivity contribution in [3.63, 3.8) is 0 Å². The molecule has 1 fully saturated rings. The second kappa shape index (κ2) is 6.34. The number of esters is 1. The minimum Gasteiger partial charge on any atom is -0.502 e. The average Bonchev–Trinajstić information content (AvgIpc) is 2.80. The van der Waals surface area contributed by atoms with Crippen LogP contribution in [0.15, 0.2) is 41.7 Å². The lowest BCUT2D eigenvalue weighted by atomic mass is 10.2. The Hall–Kier alpha value is -2.14. The maximum Gasteiger partial charge on any atom is 0.373 e. The van der Waals surface area contributed by atoms with Crippen molar-refractivity contribution >= 4 is 11.8 Å². The van der Waals surface area contributed by atoms with E-state index in [-0.39, 0.29) is 31.1 Å². The van der Waals surface area contributed by atoms with Crippen molar-refractivity contribution in [1.82, 2.24) is 4.90 Å². The van der Waals surface area contributed by atoms with E-state index in [1.54, 1.807) is 6.92 Å². The number of aliphatic hydroxyl groups excluding tert-OH is 1. The van der Waals surface area contributed by atoms with Crippen molar-refractivity contribution in [3.05, 3.63) is 47.2 Å². The number of ether oxygens (including phenoxy) is 1.